The van der Waals surface area contributed by atoms with Crippen molar-refractivity contribution < 1.29 is 0 Å². The molecule has 5 aromatic rings. The topological polar surface area (TPSA) is 52.2 Å². The van der Waals surface area contributed by atoms with Crippen molar-refractivity contribution in [3.8, 4) is 0 Å². The van der Waals surface area contributed by atoms with Gasteiger partial charge in [-0.15, -0.1) is 21.5 Å². The van der Waals surface area contributed by atoms with Gasteiger partial charge in [0.05, 0.1) is 5.52 Å². The zero-order chi connectivity index (χ0) is 21.4. The number of fused-ring (bicyclic) bond motifs is 3. The molecular formula is C24H22N4OS2. The van der Waals surface area contributed by atoms with Crippen LogP contribution in [-0.4, -0.2) is 19.2 Å². The summed E-state index contributed by atoms with van der Waals surface area (Å²) >= 11 is 3.14. The highest BCUT2D eigenvalue weighted by Gasteiger charge is 2.18. The maximum Gasteiger partial charge on any atom is 0.272 e. The lowest BCUT2D eigenvalue weighted by atomic mass is 10.1. The van der Waals surface area contributed by atoms with Gasteiger partial charge in [0.1, 0.15) is 4.70 Å². The minimum atomic E-state index is 0.00640. The van der Waals surface area contributed by atoms with Gasteiger partial charge >= 0.3 is 0 Å². The largest absolute Gasteiger partial charge is 0.275 e. The lowest BCUT2D eigenvalue weighted by Crippen LogP contribution is -2.23. The molecule has 0 saturated carbocycles. The van der Waals surface area contributed by atoms with Gasteiger partial charge < -0.3 is 0 Å². The summed E-state index contributed by atoms with van der Waals surface area (Å²) in [4.78, 5) is 13.2. The molecule has 0 atom stereocenters. The highest BCUT2D eigenvalue weighted by molar-refractivity contribution is 7.98. The van der Waals surface area contributed by atoms with Gasteiger partial charge in [-0.1, -0.05) is 65.9 Å². The van der Waals surface area contributed by atoms with Crippen LogP contribution in [-0.2, 0) is 18.7 Å². The monoisotopic (exact) mass is 446 g/mol. The van der Waals surface area contributed by atoms with Crippen molar-refractivity contribution in [2.24, 2.45) is 0 Å². The van der Waals surface area contributed by atoms with Crippen molar-refractivity contribution in [3.05, 3.63) is 92.6 Å². The number of hydrogen-bond acceptors (Lipinski definition) is 5. The lowest BCUT2D eigenvalue weighted by Gasteiger charge is -2.10. The fourth-order valence-electron chi connectivity index (χ4n) is 3.78. The molecule has 3 heterocycles. The molecule has 2 aromatic carbocycles. The van der Waals surface area contributed by atoms with E-state index in [1.54, 1.807) is 16.3 Å². The molecule has 0 spiro atoms. The van der Waals surface area contributed by atoms with E-state index in [0.717, 1.165) is 27.5 Å². The van der Waals surface area contributed by atoms with Gasteiger partial charge in [0.2, 0.25) is 5.78 Å². The number of nitrogens with zero attached hydrogens (tertiary/aromatic N) is 4. The van der Waals surface area contributed by atoms with E-state index < -0.39 is 0 Å². The molecule has 0 aliphatic heterocycles. The van der Waals surface area contributed by atoms with Crippen LogP contribution < -0.4 is 5.56 Å². The molecule has 0 aliphatic rings. The van der Waals surface area contributed by atoms with E-state index in [1.165, 1.54) is 33.6 Å². The molecule has 7 heteroatoms. The second-order valence-corrected chi connectivity index (χ2v) is 9.52. The van der Waals surface area contributed by atoms with Crippen molar-refractivity contribution in [2.45, 2.75) is 37.7 Å². The van der Waals surface area contributed by atoms with Crippen LogP contribution in [0.5, 0.6) is 0 Å². The number of aryl methyl sites for hydroxylation is 4. The van der Waals surface area contributed by atoms with E-state index in [1.807, 2.05) is 34.0 Å². The first-order valence-corrected chi connectivity index (χ1v) is 12.1. The van der Waals surface area contributed by atoms with Crippen LogP contribution in [0.4, 0.5) is 0 Å². The quantitative estimate of drug-likeness (QED) is 0.334. The number of benzene rings is 2. The summed E-state index contributed by atoms with van der Waals surface area (Å²) < 4.78 is 4.54. The molecule has 0 aliphatic carbocycles. The predicted octanol–water partition coefficient (Wildman–Crippen LogP) is 5.26. The summed E-state index contributed by atoms with van der Waals surface area (Å²) in [5.41, 5.74) is 5.90. The summed E-state index contributed by atoms with van der Waals surface area (Å²) in [6.07, 6.45) is 0.769. The first-order chi connectivity index (χ1) is 15.1. The fraction of sp³-hybridized carbons (Fsp3) is 0.208. The standard InChI is InChI=1S/C24H22N4OS2/c1-16-8-9-17(2)19(14-16)15-31-24-26-25-23-27(12-10-18-6-4-3-5-7-18)22(29)21-20(28(23)24)11-13-30-21/h3-9,11,13-14H,10,12,15H2,1-2H3. The van der Waals surface area contributed by atoms with Gasteiger partial charge in [-0.25, -0.2) is 0 Å². The van der Waals surface area contributed by atoms with Gasteiger partial charge in [0, 0.05) is 12.3 Å². The van der Waals surface area contributed by atoms with Crippen LogP contribution in [0.25, 0.3) is 16.0 Å². The summed E-state index contributed by atoms with van der Waals surface area (Å²) in [5.74, 6) is 1.42. The Balaban J connectivity index is 1.54. The Morgan fingerprint density at radius 1 is 1.03 bits per heavy atom. The van der Waals surface area contributed by atoms with Crippen LogP contribution in [0.3, 0.4) is 0 Å². The molecular weight excluding hydrogens is 424 g/mol. The molecule has 156 valence electrons. The van der Waals surface area contributed by atoms with Crippen LogP contribution in [0.2, 0.25) is 0 Å². The molecule has 0 unspecified atom stereocenters. The Morgan fingerprint density at radius 3 is 2.71 bits per heavy atom. The zero-order valence-electron chi connectivity index (χ0n) is 17.4. The van der Waals surface area contributed by atoms with E-state index in [0.29, 0.717) is 12.3 Å². The van der Waals surface area contributed by atoms with Gasteiger partial charge in [0.15, 0.2) is 5.16 Å². The average Bonchev–Trinajstić information content (AvgIpc) is 3.42. The SMILES string of the molecule is Cc1ccc(C)c(CSc2nnc3n(CCc4ccccc4)c(=O)c4sccc4n23)c1. The Labute approximate surface area is 188 Å². The van der Waals surface area contributed by atoms with Crippen molar-refractivity contribution in [1.82, 2.24) is 19.2 Å². The highest BCUT2D eigenvalue weighted by Crippen LogP contribution is 2.27. The molecule has 0 N–H and O–H groups in total. The normalized spacial score (nSPS) is 11.5. The number of thiophene rings is 1. The smallest absolute Gasteiger partial charge is 0.272 e. The molecule has 0 saturated heterocycles. The molecule has 0 radical (unpaired) electrons. The number of aromatic nitrogens is 4. The minimum Gasteiger partial charge on any atom is -0.275 e. The van der Waals surface area contributed by atoms with Crippen molar-refractivity contribution in [3.63, 3.8) is 0 Å². The first-order valence-electron chi connectivity index (χ1n) is 10.2. The third-order valence-corrected chi connectivity index (χ3v) is 7.38. The van der Waals surface area contributed by atoms with E-state index in [4.69, 9.17) is 0 Å². The predicted molar refractivity (Wildman–Crippen MR) is 128 cm³/mol. The maximum absolute atomic E-state index is 13.2. The number of hydrogen-bond donors (Lipinski definition) is 0. The molecule has 0 amide bonds. The third-order valence-electron chi connectivity index (χ3n) is 5.51. The molecule has 31 heavy (non-hydrogen) atoms. The second kappa shape index (κ2) is 8.32. The highest BCUT2D eigenvalue weighted by atomic mass is 32.2. The van der Waals surface area contributed by atoms with Crippen LogP contribution in [0.1, 0.15) is 22.3 Å². The van der Waals surface area contributed by atoms with Gasteiger partial charge in [-0.05, 0) is 48.4 Å². The Hall–Kier alpha value is -2.90. The summed E-state index contributed by atoms with van der Waals surface area (Å²) in [7, 11) is 0. The molecule has 0 bridgehead atoms. The lowest BCUT2D eigenvalue weighted by molar-refractivity contribution is 0.678. The summed E-state index contributed by atoms with van der Waals surface area (Å²) in [6, 6.07) is 18.7. The van der Waals surface area contributed by atoms with Gasteiger partial charge in [-0.2, -0.15) is 0 Å². The Bertz CT molecular complexity index is 1430. The fourth-order valence-corrected chi connectivity index (χ4v) is 5.61. The van der Waals surface area contributed by atoms with Gasteiger partial charge in [-0.3, -0.25) is 13.8 Å². The van der Waals surface area contributed by atoms with Crippen molar-refractivity contribution in [1.29, 1.82) is 0 Å². The Kier molecular flexibility index (Phi) is 5.38. The second-order valence-electron chi connectivity index (χ2n) is 7.66. The summed E-state index contributed by atoms with van der Waals surface area (Å²) in [6.45, 7) is 4.82. The zero-order valence-corrected chi connectivity index (χ0v) is 19.0. The molecule has 0 fully saturated rings. The maximum atomic E-state index is 13.2. The summed E-state index contributed by atoms with van der Waals surface area (Å²) in [5, 5.41) is 11.7. The van der Waals surface area contributed by atoms with Crippen LogP contribution >= 0.6 is 23.1 Å². The van der Waals surface area contributed by atoms with E-state index in [9.17, 15) is 4.79 Å². The molecule has 5 rings (SSSR count). The van der Waals surface area contributed by atoms with Crippen molar-refractivity contribution in [2.75, 3.05) is 0 Å². The van der Waals surface area contributed by atoms with Crippen molar-refractivity contribution >= 4 is 39.1 Å². The third kappa shape index (κ3) is 3.79. The first kappa shape index (κ1) is 20.0. The molecule has 5 nitrogen and oxygen atoms in total. The Morgan fingerprint density at radius 2 is 1.87 bits per heavy atom. The van der Waals surface area contributed by atoms with E-state index >= 15 is 0 Å². The minimum absolute atomic E-state index is 0.00640. The number of thioether (sulfide) groups is 1. The van der Waals surface area contributed by atoms with Gasteiger partial charge in [0.25, 0.3) is 5.56 Å². The number of rotatable bonds is 6. The average molecular weight is 447 g/mol. The van der Waals surface area contributed by atoms with Crippen LogP contribution in [0, 0.1) is 13.8 Å². The van der Waals surface area contributed by atoms with E-state index in [-0.39, 0.29) is 5.56 Å². The molecule has 3 aromatic heterocycles. The van der Waals surface area contributed by atoms with E-state index in [2.05, 4.69) is 54.4 Å². The van der Waals surface area contributed by atoms with Crippen LogP contribution in [0.15, 0.2) is 69.9 Å².